The van der Waals surface area contributed by atoms with E-state index in [9.17, 15) is 4.79 Å². The molecule has 0 fully saturated rings. The topological polar surface area (TPSA) is 38.3 Å². The molecule has 4 heteroatoms. The number of rotatable bonds is 7. The number of benzene rings is 2. The van der Waals surface area contributed by atoms with Crippen molar-refractivity contribution in [2.24, 2.45) is 0 Å². The Kier molecular flexibility index (Phi) is 6.48. The number of nitrogens with one attached hydrogen (secondary N) is 1. The molecule has 0 aromatic heterocycles. The van der Waals surface area contributed by atoms with Gasteiger partial charge in [-0.1, -0.05) is 56.3 Å². The lowest BCUT2D eigenvalue weighted by Gasteiger charge is -2.41. The molecule has 2 aromatic carbocycles. The molecule has 144 valence electrons. The van der Waals surface area contributed by atoms with E-state index in [1.54, 1.807) is 11.8 Å². The first-order chi connectivity index (χ1) is 13.1. The second-order valence-corrected chi connectivity index (χ2v) is 8.26. The molecule has 2 aromatic rings. The molecule has 1 N–H and O–H groups in total. The van der Waals surface area contributed by atoms with Crippen molar-refractivity contribution in [1.82, 2.24) is 5.32 Å². The fraction of sp³-hybridized carbons (Fsp3) is 0.435. The van der Waals surface area contributed by atoms with Gasteiger partial charge >= 0.3 is 0 Å². The van der Waals surface area contributed by atoms with Crippen LogP contribution in [0.3, 0.4) is 0 Å². The van der Waals surface area contributed by atoms with E-state index in [0.717, 1.165) is 36.3 Å². The van der Waals surface area contributed by atoms with Crippen LogP contribution < -0.4 is 10.1 Å². The Morgan fingerprint density at radius 2 is 1.85 bits per heavy atom. The van der Waals surface area contributed by atoms with Crippen molar-refractivity contribution >= 4 is 17.7 Å². The van der Waals surface area contributed by atoms with Crippen LogP contribution in [0.1, 0.15) is 55.8 Å². The van der Waals surface area contributed by atoms with Gasteiger partial charge in [-0.3, -0.25) is 4.79 Å². The molecule has 27 heavy (non-hydrogen) atoms. The van der Waals surface area contributed by atoms with Gasteiger partial charge in [0, 0.05) is 17.7 Å². The number of fused-ring (bicyclic) bond motifs is 1. The quantitative estimate of drug-likeness (QED) is 0.693. The highest BCUT2D eigenvalue weighted by atomic mass is 32.2. The highest BCUT2D eigenvalue weighted by Gasteiger charge is 2.38. The van der Waals surface area contributed by atoms with Crippen LogP contribution in [-0.4, -0.2) is 17.3 Å². The average molecular weight is 384 g/mol. The Morgan fingerprint density at radius 1 is 1.15 bits per heavy atom. The molecule has 1 aliphatic rings. The Balaban J connectivity index is 1.63. The van der Waals surface area contributed by atoms with Gasteiger partial charge in [0.1, 0.15) is 11.4 Å². The standard InChI is InChI=1S/C23H29NO2S/c1-4-23(5-2)14-20(19-12-8-9-13-21(19)26-23)24-22(25)16-27-15-18-11-7-6-10-17(18)3/h6-13,20H,4-5,14-16H2,1-3H3,(H,24,25)/t20-/m1/s1. The van der Waals surface area contributed by atoms with Gasteiger partial charge in [-0.15, -0.1) is 11.8 Å². The summed E-state index contributed by atoms with van der Waals surface area (Å²) in [6.07, 6.45) is 2.70. The largest absolute Gasteiger partial charge is 0.487 e. The van der Waals surface area contributed by atoms with Gasteiger partial charge in [0.25, 0.3) is 0 Å². The molecule has 0 saturated heterocycles. The minimum atomic E-state index is -0.194. The van der Waals surface area contributed by atoms with E-state index in [0.29, 0.717) is 5.75 Å². The first-order valence-corrected chi connectivity index (χ1v) is 10.9. The van der Waals surface area contributed by atoms with Crippen molar-refractivity contribution in [1.29, 1.82) is 0 Å². The lowest BCUT2D eigenvalue weighted by molar-refractivity contribution is -0.120. The first kappa shape index (κ1) is 19.8. The maximum absolute atomic E-state index is 12.6. The predicted octanol–water partition coefficient (Wildman–Crippen LogP) is 5.43. The monoisotopic (exact) mass is 383 g/mol. The molecule has 0 radical (unpaired) electrons. The number of thioether (sulfide) groups is 1. The molecular formula is C23H29NO2S. The molecule has 0 spiro atoms. The second kappa shape index (κ2) is 8.83. The molecule has 1 amide bonds. The van der Waals surface area contributed by atoms with Crippen molar-refractivity contribution in [2.75, 3.05) is 5.75 Å². The summed E-state index contributed by atoms with van der Waals surface area (Å²) >= 11 is 1.67. The van der Waals surface area contributed by atoms with Crippen molar-refractivity contribution in [3.63, 3.8) is 0 Å². The maximum Gasteiger partial charge on any atom is 0.230 e. The summed E-state index contributed by atoms with van der Waals surface area (Å²) < 4.78 is 6.33. The second-order valence-electron chi connectivity index (χ2n) is 7.27. The zero-order valence-electron chi connectivity index (χ0n) is 16.5. The van der Waals surface area contributed by atoms with Crippen LogP contribution in [0.25, 0.3) is 0 Å². The molecule has 0 saturated carbocycles. The summed E-state index contributed by atoms with van der Waals surface area (Å²) in [5.41, 5.74) is 3.47. The van der Waals surface area contributed by atoms with Crippen molar-refractivity contribution in [3.05, 3.63) is 65.2 Å². The van der Waals surface area contributed by atoms with E-state index in [4.69, 9.17) is 4.74 Å². The summed E-state index contributed by atoms with van der Waals surface area (Å²) in [4.78, 5) is 12.6. The number of ether oxygens (including phenoxy) is 1. The zero-order chi connectivity index (χ0) is 19.3. The highest BCUT2D eigenvalue weighted by molar-refractivity contribution is 7.99. The fourth-order valence-corrected chi connectivity index (χ4v) is 4.61. The van der Waals surface area contributed by atoms with Crippen LogP contribution in [0.4, 0.5) is 0 Å². The summed E-state index contributed by atoms with van der Waals surface area (Å²) in [6.45, 7) is 6.44. The number of amides is 1. The first-order valence-electron chi connectivity index (χ1n) is 9.76. The molecule has 0 bridgehead atoms. The molecule has 1 heterocycles. The number of hydrogen-bond donors (Lipinski definition) is 1. The minimum Gasteiger partial charge on any atom is -0.487 e. The van der Waals surface area contributed by atoms with Crippen LogP contribution in [0.2, 0.25) is 0 Å². The van der Waals surface area contributed by atoms with Gasteiger partial charge in [0.15, 0.2) is 0 Å². The van der Waals surface area contributed by atoms with E-state index in [1.165, 1.54) is 11.1 Å². The molecule has 3 rings (SSSR count). The Morgan fingerprint density at radius 3 is 2.59 bits per heavy atom. The third-order valence-corrected chi connectivity index (χ3v) is 6.55. The third kappa shape index (κ3) is 4.67. The van der Waals surface area contributed by atoms with Gasteiger partial charge in [0.05, 0.1) is 11.8 Å². The maximum atomic E-state index is 12.6. The minimum absolute atomic E-state index is 0.0152. The Labute approximate surface area is 166 Å². The van der Waals surface area contributed by atoms with Crippen LogP contribution in [0.15, 0.2) is 48.5 Å². The fourth-order valence-electron chi connectivity index (χ4n) is 3.69. The molecule has 1 atom stereocenters. The number of hydrogen-bond acceptors (Lipinski definition) is 3. The zero-order valence-corrected chi connectivity index (χ0v) is 17.3. The third-order valence-electron chi connectivity index (χ3n) is 5.57. The van der Waals surface area contributed by atoms with Gasteiger partial charge < -0.3 is 10.1 Å². The highest BCUT2D eigenvalue weighted by Crippen LogP contribution is 2.42. The van der Waals surface area contributed by atoms with Gasteiger partial charge in [-0.25, -0.2) is 0 Å². The Bertz CT molecular complexity index is 785. The van der Waals surface area contributed by atoms with Gasteiger partial charge in [-0.2, -0.15) is 0 Å². The summed E-state index contributed by atoms with van der Waals surface area (Å²) in [5, 5.41) is 3.26. The van der Waals surface area contributed by atoms with Crippen molar-refractivity contribution in [3.8, 4) is 5.75 Å². The lowest BCUT2D eigenvalue weighted by atomic mass is 9.83. The molecule has 0 aliphatic carbocycles. The van der Waals surface area contributed by atoms with Gasteiger partial charge in [0.2, 0.25) is 5.91 Å². The summed E-state index contributed by atoms with van der Waals surface area (Å²) in [5.74, 6) is 2.33. The lowest BCUT2D eigenvalue weighted by Crippen LogP contribution is -2.44. The van der Waals surface area contributed by atoms with Crippen LogP contribution in [0.5, 0.6) is 5.75 Å². The molecular weight excluding hydrogens is 354 g/mol. The van der Waals surface area contributed by atoms with Gasteiger partial charge in [-0.05, 0) is 37.0 Å². The van der Waals surface area contributed by atoms with E-state index < -0.39 is 0 Å². The van der Waals surface area contributed by atoms with E-state index in [-0.39, 0.29) is 17.6 Å². The van der Waals surface area contributed by atoms with Crippen LogP contribution in [0, 0.1) is 6.92 Å². The number of para-hydroxylation sites is 1. The summed E-state index contributed by atoms with van der Waals surface area (Å²) in [7, 11) is 0. The Hall–Kier alpha value is -1.94. The number of carbonyl (C=O) groups excluding carboxylic acids is 1. The molecule has 0 unspecified atom stereocenters. The smallest absolute Gasteiger partial charge is 0.230 e. The number of carbonyl (C=O) groups is 1. The van der Waals surface area contributed by atoms with E-state index >= 15 is 0 Å². The summed E-state index contributed by atoms with van der Waals surface area (Å²) in [6, 6.07) is 16.5. The van der Waals surface area contributed by atoms with Crippen molar-refractivity contribution < 1.29 is 9.53 Å². The number of aryl methyl sites for hydroxylation is 1. The van der Waals surface area contributed by atoms with Crippen LogP contribution >= 0.6 is 11.8 Å². The molecule has 1 aliphatic heterocycles. The SMILES string of the molecule is CCC1(CC)C[C@@H](NC(=O)CSCc2ccccc2C)c2ccccc2O1. The van der Waals surface area contributed by atoms with Crippen molar-refractivity contribution in [2.45, 2.75) is 57.4 Å². The van der Waals surface area contributed by atoms with Crippen LogP contribution in [-0.2, 0) is 10.5 Å². The normalized spacial score (nSPS) is 17.7. The predicted molar refractivity (Wildman–Crippen MR) is 113 cm³/mol. The average Bonchev–Trinajstić information content (AvgIpc) is 2.69. The van der Waals surface area contributed by atoms with E-state index in [1.807, 2.05) is 24.3 Å². The van der Waals surface area contributed by atoms with E-state index in [2.05, 4.69) is 50.4 Å². The molecule has 3 nitrogen and oxygen atoms in total.